The molecule has 0 fully saturated rings. The Kier molecular flexibility index (Phi) is 2.00. The van der Waals surface area contributed by atoms with E-state index in [-0.39, 0.29) is 0 Å². The highest BCUT2D eigenvalue weighted by Crippen LogP contribution is 2.26. The number of benzene rings is 2. The molecule has 78 valence electrons. The summed E-state index contributed by atoms with van der Waals surface area (Å²) < 4.78 is 0. The molecule has 1 heterocycles. The molecule has 1 N–H and O–H groups in total. The molecular formula is C14H12N2. The van der Waals surface area contributed by atoms with E-state index in [0.717, 1.165) is 16.8 Å². The smallest absolute Gasteiger partial charge is 0.0999 e. The van der Waals surface area contributed by atoms with Gasteiger partial charge < -0.3 is 0 Å². The van der Waals surface area contributed by atoms with Gasteiger partial charge in [0.05, 0.1) is 11.2 Å². The summed E-state index contributed by atoms with van der Waals surface area (Å²) in [6, 6.07) is 16.6. The average molecular weight is 208 g/mol. The van der Waals surface area contributed by atoms with Crippen molar-refractivity contribution in [2.24, 2.45) is 0 Å². The first-order chi connectivity index (χ1) is 7.84. The molecule has 2 nitrogen and oxygen atoms in total. The molecule has 0 aliphatic rings. The molecule has 0 aliphatic heterocycles. The van der Waals surface area contributed by atoms with Crippen molar-refractivity contribution in [2.45, 2.75) is 6.92 Å². The Labute approximate surface area is 93.9 Å². The summed E-state index contributed by atoms with van der Waals surface area (Å²) in [6.45, 7) is 2.10. The van der Waals surface area contributed by atoms with Crippen LogP contribution in [-0.2, 0) is 0 Å². The third kappa shape index (κ3) is 1.39. The molecule has 0 bridgehead atoms. The maximum Gasteiger partial charge on any atom is 0.0999 e. The summed E-state index contributed by atoms with van der Waals surface area (Å²) in [5.74, 6) is 0. The number of hydrogen-bond acceptors (Lipinski definition) is 1. The van der Waals surface area contributed by atoms with E-state index in [1.165, 1.54) is 10.9 Å². The number of nitrogens with zero attached hydrogens (tertiary/aromatic N) is 1. The van der Waals surface area contributed by atoms with Gasteiger partial charge >= 0.3 is 0 Å². The van der Waals surface area contributed by atoms with Crippen LogP contribution >= 0.6 is 0 Å². The van der Waals surface area contributed by atoms with E-state index in [1.54, 1.807) is 0 Å². The van der Waals surface area contributed by atoms with Crippen molar-refractivity contribution >= 4 is 10.9 Å². The number of rotatable bonds is 1. The Hall–Kier alpha value is -2.09. The van der Waals surface area contributed by atoms with Crippen molar-refractivity contribution in [2.75, 3.05) is 0 Å². The van der Waals surface area contributed by atoms with Gasteiger partial charge in [-0.15, -0.1) is 0 Å². The molecule has 0 atom stereocenters. The van der Waals surface area contributed by atoms with Gasteiger partial charge in [-0.2, -0.15) is 5.10 Å². The lowest BCUT2D eigenvalue weighted by atomic mass is 10.1. The van der Waals surface area contributed by atoms with Gasteiger partial charge in [0.25, 0.3) is 0 Å². The molecule has 0 saturated carbocycles. The second-order valence-electron chi connectivity index (χ2n) is 3.99. The van der Waals surface area contributed by atoms with E-state index in [2.05, 4.69) is 47.5 Å². The number of aromatic amines is 1. The topological polar surface area (TPSA) is 28.7 Å². The Morgan fingerprint density at radius 2 is 1.81 bits per heavy atom. The van der Waals surface area contributed by atoms with Gasteiger partial charge in [-0.3, -0.25) is 5.10 Å². The maximum absolute atomic E-state index is 4.38. The largest absolute Gasteiger partial charge is 0.277 e. The van der Waals surface area contributed by atoms with Crippen LogP contribution in [0.2, 0.25) is 0 Å². The molecule has 16 heavy (non-hydrogen) atoms. The fraction of sp³-hybridized carbons (Fsp3) is 0.0714. The van der Waals surface area contributed by atoms with Crippen LogP contribution in [0.5, 0.6) is 0 Å². The molecule has 3 rings (SSSR count). The monoisotopic (exact) mass is 208 g/mol. The van der Waals surface area contributed by atoms with E-state index in [1.807, 2.05) is 18.2 Å². The van der Waals surface area contributed by atoms with Crippen molar-refractivity contribution in [1.82, 2.24) is 10.2 Å². The van der Waals surface area contributed by atoms with Crippen LogP contribution in [-0.4, -0.2) is 10.2 Å². The summed E-state index contributed by atoms with van der Waals surface area (Å²) >= 11 is 0. The van der Waals surface area contributed by atoms with Gasteiger partial charge in [0.15, 0.2) is 0 Å². The zero-order valence-electron chi connectivity index (χ0n) is 9.07. The second-order valence-corrected chi connectivity index (χ2v) is 3.99. The summed E-state index contributed by atoms with van der Waals surface area (Å²) in [5, 5.41) is 8.63. The zero-order chi connectivity index (χ0) is 11.0. The lowest BCUT2D eigenvalue weighted by molar-refractivity contribution is 1.12. The highest BCUT2D eigenvalue weighted by molar-refractivity contribution is 5.93. The molecule has 0 unspecified atom stereocenters. The van der Waals surface area contributed by atoms with Crippen molar-refractivity contribution in [1.29, 1.82) is 0 Å². The van der Waals surface area contributed by atoms with Crippen molar-refractivity contribution in [3.8, 4) is 11.3 Å². The standard InChI is InChI=1S/C14H12N2/c1-10-7-8-13-12(9-10)14(16-15-13)11-5-3-2-4-6-11/h2-9H,1H3,(H,15,16). The van der Waals surface area contributed by atoms with E-state index in [9.17, 15) is 0 Å². The maximum atomic E-state index is 4.38. The van der Waals surface area contributed by atoms with Crippen LogP contribution in [0.4, 0.5) is 0 Å². The van der Waals surface area contributed by atoms with E-state index in [0.29, 0.717) is 0 Å². The van der Waals surface area contributed by atoms with E-state index < -0.39 is 0 Å². The molecule has 2 aromatic carbocycles. The number of nitrogens with one attached hydrogen (secondary N) is 1. The Morgan fingerprint density at radius 3 is 2.62 bits per heavy atom. The predicted octanol–water partition coefficient (Wildman–Crippen LogP) is 3.54. The lowest BCUT2D eigenvalue weighted by Crippen LogP contribution is -1.78. The first-order valence-electron chi connectivity index (χ1n) is 5.35. The van der Waals surface area contributed by atoms with Gasteiger partial charge in [0.2, 0.25) is 0 Å². The number of fused-ring (bicyclic) bond motifs is 1. The Balaban J connectivity index is 2.29. The van der Waals surface area contributed by atoms with Crippen LogP contribution < -0.4 is 0 Å². The van der Waals surface area contributed by atoms with E-state index in [4.69, 9.17) is 0 Å². The first-order valence-corrected chi connectivity index (χ1v) is 5.35. The molecule has 0 radical (unpaired) electrons. The minimum absolute atomic E-state index is 1.03. The average Bonchev–Trinajstić information content (AvgIpc) is 2.73. The fourth-order valence-electron chi connectivity index (χ4n) is 1.94. The summed E-state index contributed by atoms with van der Waals surface area (Å²) in [4.78, 5) is 0. The zero-order valence-corrected chi connectivity index (χ0v) is 9.07. The van der Waals surface area contributed by atoms with Crippen LogP contribution in [0.3, 0.4) is 0 Å². The highest BCUT2D eigenvalue weighted by Gasteiger charge is 2.06. The summed E-state index contributed by atoms with van der Waals surface area (Å²) in [5.41, 5.74) is 4.52. The molecule has 1 aromatic heterocycles. The molecule has 0 amide bonds. The normalized spacial score (nSPS) is 10.8. The Bertz CT molecular complexity index is 624. The van der Waals surface area contributed by atoms with Crippen LogP contribution in [0.15, 0.2) is 48.5 Å². The molecule has 0 saturated heterocycles. The minimum Gasteiger partial charge on any atom is -0.277 e. The number of aryl methyl sites for hydroxylation is 1. The molecule has 0 aliphatic carbocycles. The predicted molar refractivity (Wildman–Crippen MR) is 66.3 cm³/mol. The van der Waals surface area contributed by atoms with Gasteiger partial charge in [-0.1, -0.05) is 42.0 Å². The molecule has 2 heteroatoms. The molecular weight excluding hydrogens is 196 g/mol. The number of H-pyrrole nitrogens is 1. The summed E-state index contributed by atoms with van der Waals surface area (Å²) in [6.07, 6.45) is 0. The number of hydrogen-bond donors (Lipinski definition) is 1. The Morgan fingerprint density at radius 1 is 1.00 bits per heavy atom. The third-order valence-corrected chi connectivity index (χ3v) is 2.77. The van der Waals surface area contributed by atoms with Gasteiger partial charge in [0, 0.05) is 10.9 Å². The van der Waals surface area contributed by atoms with Gasteiger partial charge in [0.1, 0.15) is 0 Å². The van der Waals surface area contributed by atoms with Gasteiger partial charge in [-0.05, 0) is 19.1 Å². The number of aromatic nitrogens is 2. The van der Waals surface area contributed by atoms with Gasteiger partial charge in [-0.25, -0.2) is 0 Å². The lowest BCUT2D eigenvalue weighted by Gasteiger charge is -1.97. The second kappa shape index (κ2) is 3.49. The van der Waals surface area contributed by atoms with Crippen molar-refractivity contribution in [3.63, 3.8) is 0 Å². The fourth-order valence-corrected chi connectivity index (χ4v) is 1.94. The minimum atomic E-state index is 1.03. The van der Waals surface area contributed by atoms with Crippen molar-refractivity contribution in [3.05, 3.63) is 54.1 Å². The third-order valence-electron chi connectivity index (χ3n) is 2.77. The van der Waals surface area contributed by atoms with Crippen LogP contribution in [0.1, 0.15) is 5.56 Å². The van der Waals surface area contributed by atoms with E-state index >= 15 is 0 Å². The SMILES string of the molecule is Cc1ccc2[nH]nc(-c3ccccc3)c2c1. The quantitative estimate of drug-likeness (QED) is 0.651. The highest BCUT2D eigenvalue weighted by atomic mass is 15.1. The van der Waals surface area contributed by atoms with Crippen LogP contribution in [0, 0.1) is 6.92 Å². The summed E-state index contributed by atoms with van der Waals surface area (Å²) in [7, 11) is 0. The van der Waals surface area contributed by atoms with Crippen molar-refractivity contribution < 1.29 is 0 Å². The molecule has 0 spiro atoms. The molecule has 3 aromatic rings. The van der Waals surface area contributed by atoms with Crippen LogP contribution in [0.25, 0.3) is 22.2 Å². The first kappa shape index (κ1) is 9.16.